The third-order valence-electron chi connectivity index (χ3n) is 4.87. The minimum Gasteiger partial charge on any atom is -0.379 e. The summed E-state index contributed by atoms with van der Waals surface area (Å²) in [6.07, 6.45) is 0.287. The van der Waals surface area contributed by atoms with E-state index in [1.54, 1.807) is 12.1 Å². The third-order valence-corrected chi connectivity index (χ3v) is 4.87. The van der Waals surface area contributed by atoms with Crippen molar-refractivity contribution in [1.29, 1.82) is 0 Å². The molecule has 0 aliphatic carbocycles. The fraction of sp³-hybridized carbons (Fsp3) is 0.409. The average molecular weight is 370 g/mol. The van der Waals surface area contributed by atoms with E-state index in [0.717, 1.165) is 44.0 Å². The van der Waals surface area contributed by atoms with Gasteiger partial charge in [0.25, 0.3) is 0 Å². The lowest BCUT2D eigenvalue weighted by atomic mass is 10.1. The van der Waals surface area contributed by atoms with Gasteiger partial charge in [-0.1, -0.05) is 42.0 Å². The molecule has 1 fully saturated rings. The molecule has 0 saturated carbocycles. The van der Waals surface area contributed by atoms with E-state index >= 15 is 0 Å². The minimum absolute atomic E-state index is 0.0661. The summed E-state index contributed by atoms with van der Waals surface area (Å²) in [5.41, 5.74) is 3.15. The van der Waals surface area contributed by atoms with Crippen LogP contribution in [0.15, 0.2) is 48.5 Å². The van der Waals surface area contributed by atoms with Crippen molar-refractivity contribution in [2.24, 2.45) is 0 Å². The Morgan fingerprint density at radius 3 is 2.56 bits per heavy atom. The molecule has 0 radical (unpaired) electrons. The molecule has 3 rings (SSSR count). The molecule has 1 saturated heterocycles. The van der Waals surface area contributed by atoms with Crippen molar-refractivity contribution in [3.63, 3.8) is 0 Å². The Balaban J connectivity index is 1.66. The fourth-order valence-electron chi connectivity index (χ4n) is 3.30. The summed E-state index contributed by atoms with van der Waals surface area (Å²) in [6.45, 7) is 7.48. The van der Waals surface area contributed by atoms with Crippen LogP contribution in [0.3, 0.4) is 0 Å². The standard InChI is InChI=1S/C22H27FN2O2/c1-18-3-2-4-20(15-18)17-25(10-9-24-11-13-27-14-12-24)22(26)16-19-5-7-21(23)8-6-19/h2-8,15H,9-14,16-17H2,1H3. The minimum atomic E-state index is -0.282. The Hall–Kier alpha value is -2.24. The molecule has 144 valence electrons. The molecule has 0 spiro atoms. The first-order chi connectivity index (χ1) is 13.1. The van der Waals surface area contributed by atoms with Gasteiger partial charge in [0.1, 0.15) is 5.82 Å². The summed E-state index contributed by atoms with van der Waals surface area (Å²) in [5.74, 6) is -0.216. The Morgan fingerprint density at radius 1 is 1.11 bits per heavy atom. The fourth-order valence-corrected chi connectivity index (χ4v) is 3.30. The zero-order valence-corrected chi connectivity index (χ0v) is 15.9. The first-order valence-electron chi connectivity index (χ1n) is 9.48. The van der Waals surface area contributed by atoms with Gasteiger partial charge in [0.15, 0.2) is 0 Å². The van der Waals surface area contributed by atoms with Crippen LogP contribution in [0.25, 0.3) is 0 Å². The molecule has 0 bridgehead atoms. The maximum Gasteiger partial charge on any atom is 0.227 e. The van der Waals surface area contributed by atoms with E-state index < -0.39 is 0 Å². The molecular weight excluding hydrogens is 343 g/mol. The van der Waals surface area contributed by atoms with E-state index in [9.17, 15) is 9.18 Å². The Labute approximate surface area is 160 Å². The van der Waals surface area contributed by atoms with Gasteiger partial charge in [-0.3, -0.25) is 9.69 Å². The molecule has 27 heavy (non-hydrogen) atoms. The highest BCUT2D eigenvalue weighted by molar-refractivity contribution is 5.78. The quantitative estimate of drug-likeness (QED) is 0.751. The Bertz CT molecular complexity index is 742. The summed E-state index contributed by atoms with van der Waals surface area (Å²) < 4.78 is 18.5. The van der Waals surface area contributed by atoms with Crippen LogP contribution in [0.2, 0.25) is 0 Å². The summed E-state index contributed by atoms with van der Waals surface area (Å²) in [7, 11) is 0. The number of hydrogen-bond acceptors (Lipinski definition) is 3. The van der Waals surface area contributed by atoms with Crippen LogP contribution in [-0.2, 0) is 22.5 Å². The van der Waals surface area contributed by atoms with Crippen LogP contribution in [-0.4, -0.2) is 55.1 Å². The van der Waals surface area contributed by atoms with Crippen molar-refractivity contribution in [2.45, 2.75) is 19.9 Å². The normalized spacial score (nSPS) is 14.9. The van der Waals surface area contributed by atoms with Gasteiger partial charge in [-0.25, -0.2) is 4.39 Å². The van der Waals surface area contributed by atoms with Gasteiger partial charge in [0, 0.05) is 32.7 Å². The van der Waals surface area contributed by atoms with Gasteiger partial charge in [0.2, 0.25) is 5.91 Å². The van der Waals surface area contributed by atoms with Crippen molar-refractivity contribution in [2.75, 3.05) is 39.4 Å². The molecule has 1 heterocycles. The van der Waals surface area contributed by atoms with Crippen LogP contribution < -0.4 is 0 Å². The number of ether oxygens (including phenoxy) is 1. The number of carbonyl (C=O) groups excluding carboxylic acids is 1. The van der Waals surface area contributed by atoms with Crippen molar-refractivity contribution in [3.8, 4) is 0 Å². The SMILES string of the molecule is Cc1cccc(CN(CCN2CCOCC2)C(=O)Cc2ccc(F)cc2)c1. The number of amides is 1. The number of benzene rings is 2. The summed E-state index contributed by atoms with van der Waals surface area (Å²) in [5, 5.41) is 0. The molecule has 0 atom stereocenters. The van der Waals surface area contributed by atoms with Crippen LogP contribution in [0.4, 0.5) is 4.39 Å². The summed E-state index contributed by atoms with van der Waals surface area (Å²) >= 11 is 0. The topological polar surface area (TPSA) is 32.8 Å². The molecule has 1 aliphatic heterocycles. The number of rotatable bonds is 7. The molecule has 1 aliphatic rings. The smallest absolute Gasteiger partial charge is 0.227 e. The zero-order chi connectivity index (χ0) is 19.1. The molecule has 5 heteroatoms. The Kier molecular flexibility index (Phi) is 6.96. The summed E-state index contributed by atoms with van der Waals surface area (Å²) in [6, 6.07) is 14.4. The lowest BCUT2D eigenvalue weighted by molar-refractivity contribution is -0.131. The maximum atomic E-state index is 13.1. The van der Waals surface area contributed by atoms with Crippen LogP contribution in [0.1, 0.15) is 16.7 Å². The van der Waals surface area contributed by atoms with Crippen molar-refractivity contribution >= 4 is 5.91 Å². The molecule has 1 amide bonds. The van der Waals surface area contributed by atoms with Crippen molar-refractivity contribution in [1.82, 2.24) is 9.80 Å². The molecule has 0 N–H and O–H groups in total. The number of hydrogen-bond donors (Lipinski definition) is 0. The number of nitrogens with zero attached hydrogens (tertiary/aromatic N) is 2. The molecule has 2 aromatic rings. The second-order valence-electron chi connectivity index (χ2n) is 7.06. The van der Waals surface area contributed by atoms with Crippen LogP contribution in [0.5, 0.6) is 0 Å². The molecule has 2 aromatic carbocycles. The average Bonchev–Trinajstić information content (AvgIpc) is 2.68. The van der Waals surface area contributed by atoms with E-state index in [0.29, 0.717) is 13.1 Å². The lowest BCUT2D eigenvalue weighted by Crippen LogP contribution is -2.43. The first kappa shape index (κ1) is 19.5. The van der Waals surface area contributed by atoms with Crippen LogP contribution >= 0.6 is 0 Å². The molecule has 0 unspecified atom stereocenters. The third kappa shape index (κ3) is 6.15. The number of morpholine rings is 1. The molecule has 0 aromatic heterocycles. The molecule has 4 nitrogen and oxygen atoms in total. The molecular formula is C22H27FN2O2. The van der Waals surface area contributed by atoms with E-state index in [2.05, 4.69) is 30.0 Å². The monoisotopic (exact) mass is 370 g/mol. The zero-order valence-electron chi connectivity index (χ0n) is 15.9. The Morgan fingerprint density at radius 2 is 1.85 bits per heavy atom. The van der Waals surface area contributed by atoms with Crippen LogP contribution in [0, 0.1) is 12.7 Å². The van der Waals surface area contributed by atoms with Crippen molar-refractivity contribution in [3.05, 3.63) is 71.0 Å². The van der Waals surface area contributed by atoms with Gasteiger partial charge in [-0.2, -0.15) is 0 Å². The first-order valence-corrected chi connectivity index (χ1v) is 9.48. The van der Waals surface area contributed by atoms with E-state index in [4.69, 9.17) is 4.74 Å². The predicted octanol–water partition coefficient (Wildman–Crippen LogP) is 3.04. The van der Waals surface area contributed by atoms with E-state index in [1.165, 1.54) is 17.7 Å². The van der Waals surface area contributed by atoms with Gasteiger partial charge >= 0.3 is 0 Å². The number of halogens is 1. The van der Waals surface area contributed by atoms with E-state index in [-0.39, 0.29) is 18.1 Å². The highest BCUT2D eigenvalue weighted by Crippen LogP contribution is 2.11. The maximum absolute atomic E-state index is 13.1. The lowest BCUT2D eigenvalue weighted by Gasteiger charge is -2.30. The van der Waals surface area contributed by atoms with Gasteiger partial charge < -0.3 is 9.64 Å². The summed E-state index contributed by atoms with van der Waals surface area (Å²) in [4.78, 5) is 17.2. The second-order valence-corrected chi connectivity index (χ2v) is 7.06. The number of carbonyl (C=O) groups is 1. The second kappa shape index (κ2) is 9.62. The highest BCUT2D eigenvalue weighted by atomic mass is 19.1. The van der Waals surface area contributed by atoms with Gasteiger partial charge in [0.05, 0.1) is 19.6 Å². The van der Waals surface area contributed by atoms with Gasteiger partial charge in [-0.15, -0.1) is 0 Å². The largest absolute Gasteiger partial charge is 0.379 e. The van der Waals surface area contributed by atoms with Crippen molar-refractivity contribution < 1.29 is 13.9 Å². The highest BCUT2D eigenvalue weighted by Gasteiger charge is 2.17. The predicted molar refractivity (Wildman–Crippen MR) is 104 cm³/mol. The van der Waals surface area contributed by atoms with E-state index in [1.807, 2.05) is 11.0 Å². The number of aryl methyl sites for hydroxylation is 1. The van der Waals surface area contributed by atoms with Gasteiger partial charge in [-0.05, 0) is 30.2 Å².